The van der Waals surface area contributed by atoms with Gasteiger partial charge in [0.25, 0.3) is 0 Å². The molecular weight excluding hydrogens is 260 g/mol. The molecule has 0 unspecified atom stereocenters. The van der Waals surface area contributed by atoms with Crippen molar-refractivity contribution in [2.45, 2.75) is 59.0 Å². The average Bonchev–Trinajstić information content (AvgIpc) is 3.23. The largest absolute Gasteiger partial charge is 0.310 e. The van der Waals surface area contributed by atoms with Gasteiger partial charge in [0.1, 0.15) is 0 Å². The quantitative estimate of drug-likeness (QED) is 0.887. The summed E-state index contributed by atoms with van der Waals surface area (Å²) in [5, 5.41) is 8.22. The van der Waals surface area contributed by atoms with Crippen LogP contribution in [0.5, 0.6) is 0 Å². The van der Waals surface area contributed by atoms with Gasteiger partial charge in [0.2, 0.25) is 0 Å². The van der Waals surface area contributed by atoms with E-state index in [1.807, 2.05) is 10.9 Å². The van der Waals surface area contributed by atoms with Gasteiger partial charge in [-0.1, -0.05) is 13.8 Å². The van der Waals surface area contributed by atoms with Gasteiger partial charge in [0.05, 0.1) is 5.69 Å². The van der Waals surface area contributed by atoms with E-state index in [0.29, 0.717) is 0 Å². The van der Waals surface area contributed by atoms with E-state index in [2.05, 4.69) is 48.3 Å². The number of nitrogens with one attached hydrogen (secondary N) is 1. The lowest BCUT2D eigenvalue weighted by atomic mass is 10.2. The number of hydrogen-bond donors (Lipinski definition) is 1. The number of aryl methyl sites for hydroxylation is 3. The molecule has 112 valence electrons. The van der Waals surface area contributed by atoms with Gasteiger partial charge >= 0.3 is 0 Å². The Morgan fingerprint density at radius 2 is 2.05 bits per heavy atom. The predicted molar refractivity (Wildman–Crippen MR) is 84.7 cm³/mol. The molecule has 1 saturated carbocycles. The van der Waals surface area contributed by atoms with Crippen LogP contribution in [0.4, 0.5) is 0 Å². The number of nitrogens with zero attached hydrogens (tertiary/aromatic N) is 3. The van der Waals surface area contributed by atoms with Crippen molar-refractivity contribution < 1.29 is 0 Å². The van der Waals surface area contributed by atoms with Crippen molar-refractivity contribution in [2.24, 2.45) is 0 Å². The summed E-state index contributed by atoms with van der Waals surface area (Å²) < 4.78 is 2.01. The van der Waals surface area contributed by atoms with Crippen LogP contribution in [0.25, 0.3) is 5.82 Å². The van der Waals surface area contributed by atoms with Crippen molar-refractivity contribution in [2.75, 3.05) is 0 Å². The summed E-state index contributed by atoms with van der Waals surface area (Å²) in [6.07, 6.45) is 6.54. The van der Waals surface area contributed by atoms with Crippen LogP contribution in [0.2, 0.25) is 0 Å². The molecule has 4 heteroatoms. The van der Waals surface area contributed by atoms with Crippen molar-refractivity contribution in [1.82, 2.24) is 20.1 Å². The zero-order valence-electron chi connectivity index (χ0n) is 13.2. The monoisotopic (exact) mass is 284 g/mol. The van der Waals surface area contributed by atoms with Crippen molar-refractivity contribution in [3.05, 3.63) is 40.8 Å². The second-order valence-corrected chi connectivity index (χ2v) is 5.89. The lowest BCUT2D eigenvalue weighted by Crippen LogP contribution is -2.16. The summed E-state index contributed by atoms with van der Waals surface area (Å²) in [5.74, 6) is 0.960. The second kappa shape index (κ2) is 5.98. The first-order valence-electron chi connectivity index (χ1n) is 7.98. The SMILES string of the molecule is CCc1cc(CC)n(-c2ncc(CNC3CC3)cc2C)n1. The van der Waals surface area contributed by atoms with E-state index in [1.54, 1.807) is 0 Å². The van der Waals surface area contributed by atoms with E-state index in [9.17, 15) is 0 Å². The summed E-state index contributed by atoms with van der Waals surface area (Å²) in [6, 6.07) is 5.14. The molecule has 4 nitrogen and oxygen atoms in total. The van der Waals surface area contributed by atoms with E-state index in [4.69, 9.17) is 0 Å². The maximum Gasteiger partial charge on any atom is 0.156 e. The zero-order valence-corrected chi connectivity index (χ0v) is 13.2. The maximum absolute atomic E-state index is 4.68. The Balaban J connectivity index is 1.85. The Kier molecular flexibility index (Phi) is 4.06. The lowest BCUT2D eigenvalue weighted by molar-refractivity contribution is 0.683. The number of rotatable bonds is 6. The summed E-state index contributed by atoms with van der Waals surface area (Å²) in [6.45, 7) is 7.34. The van der Waals surface area contributed by atoms with E-state index in [1.165, 1.54) is 29.7 Å². The van der Waals surface area contributed by atoms with Gasteiger partial charge in [-0.05, 0) is 55.9 Å². The molecule has 0 amide bonds. The molecule has 1 aliphatic carbocycles. The minimum atomic E-state index is 0.731. The van der Waals surface area contributed by atoms with E-state index in [-0.39, 0.29) is 0 Å². The van der Waals surface area contributed by atoms with Crippen LogP contribution in [-0.4, -0.2) is 20.8 Å². The Bertz CT molecular complexity index is 626. The normalized spacial score (nSPS) is 14.6. The number of pyridine rings is 1. The maximum atomic E-state index is 4.68. The third-order valence-electron chi connectivity index (χ3n) is 4.04. The first kappa shape index (κ1) is 14.3. The highest BCUT2D eigenvalue weighted by atomic mass is 15.3. The van der Waals surface area contributed by atoms with E-state index >= 15 is 0 Å². The first-order chi connectivity index (χ1) is 10.2. The molecule has 0 radical (unpaired) electrons. The highest BCUT2D eigenvalue weighted by molar-refractivity contribution is 5.37. The smallest absolute Gasteiger partial charge is 0.156 e. The van der Waals surface area contributed by atoms with Gasteiger partial charge in [-0.3, -0.25) is 0 Å². The highest BCUT2D eigenvalue weighted by Gasteiger charge is 2.20. The van der Waals surface area contributed by atoms with Crippen LogP contribution in [0.3, 0.4) is 0 Å². The molecule has 2 aromatic heterocycles. The van der Waals surface area contributed by atoms with Crippen LogP contribution in [-0.2, 0) is 19.4 Å². The van der Waals surface area contributed by atoms with Crippen molar-refractivity contribution in [1.29, 1.82) is 0 Å². The average molecular weight is 284 g/mol. The van der Waals surface area contributed by atoms with Gasteiger partial charge in [-0.15, -0.1) is 0 Å². The fraction of sp³-hybridized carbons (Fsp3) is 0.529. The molecule has 2 heterocycles. The van der Waals surface area contributed by atoms with Gasteiger partial charge in [0.15, 0.2) is 5.82 Å². The second-order valence-electron chi connectivity index (χ2n) is 5.89. The molecule has 0 saturated heterocycles. The van der Waals surface area contributed by atoms with Crippen molar-refractivity contribution in [3.8, 4) is 5.82 Å². The first-order valence-corrected chi connectivity index (χ1v) is 7.98. The number of aromatic nitrogens is 3. The minimum Gasteiger partial charge on any atom is -0.310 e. The molecule has 2 aromatic rings. The van der Waals surface area contributed by atoms with E-state index < -0.39 is 0 Å². The van der Waals surface area contributed by atoms with Crippen LogP contribution in [0.1, 0.15) is 49.2 Å². The lowest BCUT2D eigenvalue weighted by Gasteiger charge is -2.10. The van der Waals surface area contributed by atoms with Crippen LogP contribution < -0.4 is 5.32 Å². The molecule has 0 aliphatic heterocycles. The molecular formula is C17H24N4. The Morgan fingerprint density at radius 3 is 2.67 bits per heavy atom. The van der Waals surface area contributed by atoms with Crippen molar-refractivity contribution >= 4 is 0 Å². The van der Waals surface area contributed by atoms with Gasteiger partial charge in [-0.25, -0.2) is 9.67 Å². The minimum absolute atomic E-state index is 0.731. The predicted octanol–water partition coefficient (Wildman–Crippen LogP) is 2.95. The Morgan fingerprint density at radius 1 is 1.24 bits per heavy atom. The molecule has 1 N–H and O–H groups in total. The summed E-state index contributed by atoms with van der Waals surface area (Å²) in [5.41, 5.74) is 4.80. The fourth-order valence-corrected chi connectivity index (χ4v) is 2.58. The number of hydrogen-bond acceptors (Lipinski definition) is 3. The molecule has 1 aliphatic rings. The van der Waals surface area contributed by atoms with Crippen LogP contribution >= 0.6 is 0 Å². The summed E-state index contributed by atoms with van der Waals surface area (Å²) in [4.78, 5) is 4.66. The topological polar surface area (TPSA) is 42.7 Å². The van der Waals surface area contributed by atoms with Crippen molar-refractivity contribution in [3.63, 3.8) is 0 Å². The molecule has 0 bridgehead atoms. The van der Waals surface area contributed by atoms with Gasteiger partial charge in [-0.2, -0.15) is 5.10 Å². The highest BCUT2D eigenvalue weighted by Crippen LogP contribution is 2.20. The summed E-state index contributed by atoms with van der Waals surface area (Å²) >= 11 is 0. The Hall–Kier alpha value is -1.68. The van der Waals surface area contributed by atoms with E-state index in [0.717, 1.165) is 36.9 Å². The fourth-order valence-electron chi connectivity index (χ4n) is 2.58. The van der Waals surface area contributed by atoms with Gasteiger partial charge < -0.3 is 5.32 Å². The molecule has 1 fully saturated rings. The zero-order chi connectivity index (χ0) is 14.8. The van der Waals surface area contributed by atoms with Crippen LogP contribution in [0, 0.1) is 6.92 Å². The molecule has 0 aromatic carbocycles. The standard InChI is InChI=1S/C17H24N4/c1-4-14-9-16(5-2)21(20-14)17-12(3)8-13(11-19-17)10-18-15-6-7-15/h8-9,11,15,18H,4-7,10H2,1-3H3. The molecule has 0 atom stereocenters. The molecule has 3 rings (SSSR count). The molecule has 0 spiro atoms. The van der Waals surface area contributed by atoms with Crippen LogP contribution in [0.15, 0.2) is 18.3 Å². The third kappa shape index (κ3) is 3.16. The third-order valence-corrected chi connectivity index (χ3v) is 4.04. The Labute approximate surface area is 126 Å². The van der Waals surface area contributed by atoms with Gasteiger partial charge in [0, 0.05) is 24.5 Å². The molecule has 21 heavy (non-hydrogen) atoms. The summed E-state index contributed by atoms with van der Waals surface area (Å²) in [7, 11) is 0.